The number of halogens is 1. The van der Waals surface area contributed by atoms with E-state index in [1.807, 2.05) is 0 Å². The second-order valence-corrected chi connectivity index (χ2v) is 5.33. The van der Waals surface area contributed by atoms with Crippen molar-refractivity contribution in [2.45, 2.75) is 37.8 Å². The summed E-state index contributed by atoms with van der Waals surface area (Å²) in [5, 5.41) is 14.2. The molecule has 2 unspecified atom stereocenters. The van der Waals surface area contributed by atoms with E-state index >= 15 is 0 Å². The zero-order valence-electron chi connectivity index (χ0n) is 9.80. The van der Waals surface area contributed by atoms with Crippen LogP contribution >= 0.6 is 15.9 Å². The van der Waals surface area contributed by atoms with Crippen LogP contribution < -0.4 is 11.1 Å². The Morgan fingerprint density at radius 2 is 2.17 bits per heavy atom. The van der Waals surface area contributed by atoms with Gasteiger partial charge in [0.25, 0.3) is 0 Å². The van der Waals surface area contributed by atoms with Crippen molar-refractivity contribution in [2.24, 2.45) is 5.73 Å². The molecule has 0 aromatic carbocycles. The molecular weight excluding hydrogens is 300 g/mol. The van der Waals surface area contributed by atoms with E-state index in [1.54, 1.807) is 6.20 Å². The summed E-state index contributed by atoms with van der Waals surface area (Å²) in [6, 6.07) is 0.120. The molecule has 1 fully saturated rings. The minimum Gasteiger partial charge on any atom is -0.374 e. The fourth-order valence-corrected chi connectivity index (χ4v) is 2.67. The Labute approximate surface area is 113 Å². The number of nitrogens with two attached hydrogens (primary N) is 1. The highest BCUT2D eigenvalue weighted by Crippen LogP contribution is 2.33. The number of nitrogens with one attached hydrogen (secondary N) is 1. The lowest BCUT2D eigenvalue weighted by Crippen LogP contribution is -2.42. The van der Waals surface area contributed by atoms with Crippen LogP contribution in [0.4, 0.5) is 11.4 Å². The van der Waals surface area contributed by atoms with E-state index in [2.05, 4.69) is 26.2 Å². The molecule has 2 rings (SSSR count). The first kappa shape index (κ1) is 13.2. The Hall–Kier alpha value is -1.21. The van der Waals surface area contributed by atoms with Crippen molar-refractivity contribution in [2.75, 3.05) is 5.32 Å². The summed E-state index contributed by atoms with van der Waals surface area (Å²) in [5.41, 5.74) is 6.48. The molecule has 18 heavy (non-hydrogen) atoms. The summed E-state index contributed by atoms with van der Waals surface area (Å²) in [5.74, 6) is 0. The van der Waals surface area contributed by atoms with Gasteiger partial charge in [0.2, 0.25) is 0 Å². The zero-order chi connectivity index (χ0) is 13.1. The van der Waals surface area contributed by atoms with E-state index in [-0.39, 0.29) is 17.8 Å². The lowest BCUT2D eigenvalue weighted by Gasteiger charge is -2.30. The lowest BCUT2D eigenvalue weighted by atomic mass is 9.91. The predicted molar refractivity (Wildman–Crippen MR) is 72.4 cm³/mol. The fourth-order valence-electron chi connectivity index (χ4n) is 2.23. The first-order chi connectivity index (χ1) is 8.59. The van der Waals surface area contributed by atoms with Gasteiger partial charge in [0.15, 0.2) is 0 Å². The minimum absolute atomic E-state index is 0.0258. The van der Waals surface area contributed by atoms with Crippen LogP contribution in [0.3, 0.4) is 0 Å². The van der Waals surface area contributed by atoms with E-state index in [0.29, 0.717) is 10.2 Å². The molecule has 3 N–H and O–H groups in total. The number of rotatable bonds is 3. The van der Waals surface area contributed by atoms with Crippen LogP contribution in [0.15, 0.2) is 16.9 Å². The van der Waals surface area contributed by atoms with Crippen LogP contribution in [0.1, 0.15) is 25.7 Å². The molecular formula is C11H15BrN4O2. The molecule has 1 aliphatic carbocycles. The van der Waals surface area contributed by atoms with E-state index in [9.17, 15) is 10.1 Å². The van der Waals surface area contributed by atoms with Crippen molar-refractivity contribution in [3.05, 3.63) is 27.0 Å². The van der Waals surface area contributed by atoms with Crippen LogP contribution in [0.2, 0.25) is 0 Å². The predicted octanol–water partition coefficient (Wildman–Crippen LogP) is 2.43. The fraction of sp³-hybridized carbons (Fsp3) is 0.545. The Morgan fingerprint density at radius 1 is 1.44 bits per heavy atom. The SMILES string of the molecule is NC1CCCCC1Nc1c(Br)cncc1[N+](=O)[O-]. The largest absolute Gasteiger partial charge is 0.374 e. The Bertz CT molecular complexity index is 455. The van der Waals surface area contributed by atoms with Crippen molar-refractivity contribution in [1.29, 1.82) is 0 Å². The van der Waals surface area contributed by atoms with Crippen molar-refractivity contribution >= 4 is 27.3 Å². The third-order valence-corrected chi connectivity index (χ3v) is 3.83. The summed E-state index contributed by atoms with van der Waals surface area (Å²) in [6.45, 7) is 0. The highest BCUT2D eigenvalue weighted by Gasteiger charge is 2.26. The second kappa shape index (κ2) is 5.62. The summed E-state index contributed by atoms with van der Waals surface area (Å²) in [4.78, 5) is 14.4. The standard InChI is InChI=1S/C11H15BrN4O2/c12-7-5-14-6-10(16(17)18)11(7)15-9-4-2-1-3-8(9)13/h5-6,8-9H,1-4,13H2,(H,14,15). The molecule has 0 bridgehead atoms. The van der Waals surface area contributed by atoms with Crippen LogP contribution in [0.5, 0.6) is 0 Å². The van der Waals surface area contributed by atoms with Crippen LogP contribution in [-0.4, -0.2) is 22.0 Å². The number of pyridine rings is 1. The van der Waals surface area contributed by atoms with Gasteiger partial charge in [-0.05, 0) is 28.8 Å². The van der Waals surface area contributed by atoms with Gasteiger partial charge in [0.05, 0.1) is 9.40 Å². The summed E-state index contributed by atoms with van der Waals surface area (Å²) in [6.07, 6.45) is 6.91. The van der Waals surface area contributed by atoms with Crippen molar-refractivity contribution in [3.8, 4) is 0 Å². The molecule has 6 nitrogen and oxygen atoms in total. The van der Waals surface area contributed by atoms with Gasteiger partial charge in [-0.15, -0.1) is 0 Å². The van der Waals surface area contributed by atoms with Crippen molar-refractivity contribution in [3.63, 3.8) is 0 Å². The number of anilines is 1. The highest BCUT2D eigenvalue weighted by molar-refractivity contribution is 9.10. The van der Waals surface area contributed by atoms with Crippen molar-refractivity contribution in [1.82, 2.24) is 4.98 Å². The lowest BCUT2D eigenvalue weighted by molar-refractivity contribution is -0.384. The first-order valence-corrected chi connectivity index (χ1v) is 6.69. The topological polar surface area (TPSA) is 94.1 Å². The van der Waals surface area contributed by atoms with Gasteiger partial charge in [-0.25, -0.2) is 0 Å². The number of hydrogen-bond acceptors (Lipinski definition) is 5. The Balaban J connectivity index is 2.24. The maximum Gasteiger partial charge on any atom is 0.311 e. The van der Waals surface area contributed by atoms with Crippen LogP contribution in [0, 0.1) is 10.1 Å². The highest BCUT2D eigenvalue weighted by atomic mass is 79.9. The normalized spacial score (nSPS) is 23.7. The van der Waals surface area contributed by atoms with Crippen LogP contribution in [0.25, 0.3) is 0 Å². The molecule has 0 radical (unpaired) electrons. The van der Waals surface area contributed by atoms with E-state index < -0.39 is 4.92 Å². The number of hydrogen-bond donors (Lipinski definition) is 2. The van der Waals surface area contributed by atoms with E-state index in [1.165, 1.54) is 6.20 Å². The number of aromatic nitrogens is 1. The van der Waals surface area contributed by atoms with E-state index in [4.69, 9.17) is 5.73 Å². The molecule has 98 valence electrons. The molecule has 0 spiro atoms. The molecule has 0 amide bonds. The van der Waals surface area contributed by atoms with Gasteiger partial charge < -0.3 is 11.1 Å². The molecule has 2 atom stereocenters. The second-order valence-electron chi connectivity index (χ2n) is 4.47. The molecule has 1 aromatic heterocycles. The average molecular weight is 315 g/mol. The number of nitro groups is 1. The third kappa shape index (κ3) is 2.78. The molecule has 0 saturated heterocycles. The minimum atomic E-state index is -0.436. The molecule has 1 saturated carbocycles. The summed E-state index contributed by atoms with van der Waals surface area (Å²) in [7, 11) is 0. The van der Waals surface area contributed by atoms with E-state index in [0.717, 1.165) is 25.7 Å². The summed E-state index contributed by atoms with van der Waals surface area (Å²) >= 11 is 3.29. The van der Waals surface area contributed by atoms with Gasteiger partial charge in [0.1, 0.15) is 11.9 Å². The van der Waals surface area contributed by atoms with Gasteiger partial charge >= 0.3 is 5.69 Å². The monoisotopic (exact) mass is 314 g/mol. The quantitative estimate of drug-likeness (QED) is 0.660. The van der Waals surface area contributed by atoms with Gasteiger partial charge in [0, 0.05) is 18.3 Å². The molecule has 1 aromatic rings. The average Bonchev–Trinajstić information content (AvgIpc) is 2.34. The molecule has 0 aliphatic heterocycles. The Kier molecular flexibility index (Phi) is 4.13. The van der Waals surface area contributed by atoms with Gasteiger partial charge in [-0.1, -0.05) is 12.8 Å². The van der Waals surface area contributed by atoms with Crippen molar-refractivity contribution < 1.29 is 4.92 Å². The van der Waals surface area contributed by atoms with Crippen LogP contribution in [-0.2, 0) is 0 Å². The molecule has 7 heteroatoms. The zero-order valence-corrected chi connectivity index (χ0v) is 11.4. The smallest absolute Gasteiger partial charge is 0.311 e. The van der Waals surface area contributed by atoms with Gasteiger partial charge in [-0.2, -0.15) is 0 Å². The summed E-state index contributed by atoms with van der Waals surface area (Å²) < 4.78 is 0.592. The third-order valence-electron chi connectivity index (χ3n) is 3.23. The Morgan fingerprint density at radius 3 is 2.83 bits per heavy atom. The number of nitrogens with zero attached hydrogens (tertiary/aromatic N) is 2. The maximum atomic E-state index is 11.0. The molecule has 1 aliphatic rings. The maximum absolute atomic E-state index is 11.0. The molecule has 1 heterocycles. The first-order valence-electron chi connectivity index (χ1n) is 5.89. The van der Waals surface area contributed by atoms with Gasteiger partial charge in [-0.3, -0.25) is 15.1 Å².